The molecule has 0 saturated heterocycles. The zero-order valence-corrected chi connectivity index (χ0v) is 15.0. The summed E-state index contributed by atoms with van der Waals surface area (Å²) in [5.74, 6) is 0.585. The molecule has 0 bridgehead atoms. The van der Waals surface area contributed by atoms with Crippen molar-refractivity contribution in [2.45, 2.75) is 6.54 Å². The van der Waals surface area contributed by atoms with Gasteiger partial charge in [-0.3, -0.25) is 14.1 Å². The monoisotopic (exact) mass is 377 g/mol. The number of carbonyl (C=O) groups is 1. The van der Waals surface area contributed by atoms with Crippen molar-refractivity contribution in [1.82, 2.24) is 10.3 Å². The van der Waals surface area contributed by atoms with Crippen molar-refractivity contribution >= 4 is 21.6 Å². The highest BCUT2D eigenvalue weighted by Gasteiger charge is 2.23. The highest BCUT2D eigenvalue weighted by molar-refractivity contribution is 7.92. The number of hydrogen-bond donors (Lipinski definition) is 1. The first kappa shape index (κ1) is 18.0. The molecular weight excluding hydrogens is 358 g/mol. The van der Waals surface area contributed by atoms with E-state index in [2.05, 4.69) is 10.3 Å². The van der Waals surface area contributed by atoms with Gasteiger partial charge in [-0.2, -0.15) is 0 Å². The van der Waals surface area contributed by atoms with Gasteiger partial charge in [-0.15, -0.1) is 0 Å². The average Bonchev–Trinajstić information content (AvgIpc) is 2.64. The van der Waals surface area contributed by atoms with Crippen molar-refractivity contribution < 1.29 is 22.7 Å². The standard InChI is InChI=1S/C17H19N3O5S/c1-26(22,23)20(12-17(21)19-11-13-3-2-6-18-10-13)14-4-5-15-16(9-14)25-8-7-24-15/h2-6,9-10H,7-8,11-12H2,1H3,(H,19,21). The Morgan fingerprint density at radius 2 is 2.00 bits per heavy atom. The van der Waals surface area contributed by atoms with Gasteiger partial charge in [0.15, 0.2) is 11.5 Å². The molecule has 1 amide bonds. The number of ether oxygens (including phenoxy) is 2. The normalized spacial score (nSPS) is 13.1. The van der Waals surface area contributed by atoms with Crippen LogP contribution in [-0.2, 0) is 21.4 Å². The fourth-order valence-electron chi connectivity index (χ4n) is 2.48. The minimum atomic E-state index is -3.66. The van der Waals surface area contributed by atoms with Gasteiger partial charge in [-0.05, 0) is 23.8 Å². The quantitative estimate of drug-likeness (QED) is 0.804. The lowest BCUT2D eigenvalue weighted by molar-refractivity contribution is -0.119. The number of hydrogen-bond acceptors (Lipinski definition) is 6. The molecule has 1 aliphatic rings. The third-order valence-electron chi connectivity index (χ3n) is 3.71. The van der Waals surface area contributed by atoms with Crippen molar-refractivity contribution in [2.24, 2.45) is 0 Å². The number of carbonyl (C=O) groups excluding carboxylic acids is 1. The molecule has 0 aliphatic carbocycles. The third-order valence-corrected chi connectivity index (χ3v) is 4.85. The Labute approximate surface area is 151 Å². The molecule has 1 aliphatic heterocycles. The molecule has 0 unspecified atom stereocenters. The van der Waals surface area contributed by atoms with Crippen LogP contribution in [0, 0.1) is 0 Å². The lowest BCUT2D eigenvalue weighted by Crippen LogP contribution is -2.40. The Kier molecular flexibility index (Phi) is 5.27. The van der Waals surface area contributed by atoms with Crippen molar-refractivity contribution in [2.75, 3.05) is 30.3 Å². The maximum atomic E-state index is 12.2. The number of sulfonamides is 1. The molecule has 26 heavy (non-hydrogen) atoms. The summed E-state index contributed by atoms with van der Waals surface area (Å²) in [6.07, 6.45) is 4.33. The second-order valence-corrected chi connectivity index (χ2v) is 7.64. The Morgan fingerprint density at radius 1 is 1.23 bits per heavy atom. The second kappa shape index (κ2) is 7.61. The van der Waals surface area contributed by atoms with E-state index in [1.807, 2.05) is 6.07 Å². The Hall–Kier alpha value is -2.81. The third kappa shape index (κ3) is 4.42. The molecule has 8 nitrogen and oxygen atoms in total. The fourth-order valence-corrected chi connectivity index (χ4v) is 3.33. The molecule has 0 atom stereocenters. The summed E-state index contributed by atoms with van der Waals surface area (Å²) in [4.78, 5) is 16.2. The molecule has 2 aromatic rings. The minimum absolute atomic E-state index is 0.269. The summed E-state index contributed by atoms with van der Waals surface area (Å²) in [5, 5.41) is 2.69. The first-order valence-corrected chi connectivity index (χ1v) is 9.81. The Bertz CT molecular complexity index is 887. The van der Waals surface area contributed by atoms with E-state index in [4.69, 9.17) is 9.47 Å². The lowest BCUT2D eigenvalue weighted by Gasteiger charge is -2.24. The van der Waals surface area contributed by atoms with Crippen LogP contribution in [0.5, 0.6) is 11.5 Å². The van der Waals surface area contributed by atoms with E-state index in [-0.39, 0.29) is 13.1 Å². The van der Waals surface area contributed by atoms with Gasteiger partial charge >= 0.3 is 0 Å². The number of nitrogens with zero attached hydrogens (tertiary/aromatic N) is 2. The summed E-state index contributed by atoms with van der Waals surface area (Å²) in [5.41, 5.74) is 1.17. The zero-order chi connectivity index (χ0) is 18.6. The van der Waals surface area contributed by atoms with E-state index in [0.717, 1.165) is 16.1 Å². The van der Waals surface area contributed by atoms with Gasteiger partial charge in [-0.25, -0.2) is 8.42 Å². The van der Waals surface area contributed by atoms with Gasteiger partial charge in [-0.1, -0.05) is 6.07 Å². The number of fused-ring (bicyclic) bond motifs is 1. The number of benzene rings is 1. The van der Waals surface area contributed by atoms with E-state index in [9.17, 15) is 13.2 Å². The van der Waals surface area contributed by atoms with Gasteiger partial charge in [0.05, 0.1) is 11.9 Å². The molecule has 0 fully saturated rings. The van der Waals surface area contributed by atoms with Crippen LogP contribution in [0.25, 0.3) is 0 Å². The van der Waals surface area contributed by atoms with Crippen LogP contribution in [0.3, 0.4) is 0 Å². The van der Waals surface area contributed by atoms with Gasteiger partial charge in [0.25, 0.3) is 0 Å². The number of anilines is 1. The molecule has 1 N–H and O–H groups in total. The maximum Gasteiger partial charge on any atom is 0.241 e. The molecule has 1 aromatic carbocycles. The Morgan fingerprint density at radius 3 is 2.69 bits per heavy atom. The SMILES string of the molecule is CS(=O)(=O)N(CC(=O)NCc1cccnc1)c1ccc2c(c1)OCCO2. The van der Waals surface area contributed by atoms with Gasteiger partial charge < -0.3 is 14.8 Å². The predicted molar refractivity (Wildman–Crippen MR) is 95.7 cm³/mol. The first-order chi connectivity index (χ1) is 12.4. The molecule has 9 heteroatoms. The molecule has 138 valence electrons. The van der Waals surface area contributed by atoms with Crippen LogP contribution >= 0.6 is 0 Å². The van der Waals surface area contributed by atoms with Gasteiger partial charge in [0, 0.05) is 25.0 Å². The summed E-state index contributed by atoms with van der Waals surface area (Å²) in [7, 11) is -3.66. The van der Waals surface area contributed by atoms with Crippen LogP contribution in [-0.4, -0.2) is 45.3 Å². The Balaban J connectivity index is 1.73. The molecule has 0 saturated carbocycles. The van der Waals surface area contributed by atoms with Crippen LogP contribution in [0.2, 0.25) is 0 Å². The van der Waals surface area contributed by atoms with E-state index >= 15 is 0 Å². The van der Waals surface area contributed by atoms with Gasteiger partial charge in [0.1, 0.15) is 19.8 Å². The lowest BCUT2D eigenvalue weighted by atomic mass is 10.2. The summed E-state index contributed by atoms with van der Waals surface area (Å²) < 4.78 is 36.3. The minimum Gasteiger partial charge on any atom is -0.486 e. The highest BCUT2D eigenvalue weighted by Crippen LogP contribution is 2.34. The van der Waals surface area contributed by atoms with E-state index in [1.54, 1.807) is 36.7 Å². The van der Waals surface area contributed by atoms with Crippen LogP contribution in [0.4, 0.5) is 5.69 Å². The van der Waals surface area contributed by atoms with E-state index < -0.39 is 15.9 Å². The number of aromatic nitrogens is 1. The van der Waals surface area contributed by atoms with Crippen molar-refractivity contribution in [3.63, 3.8) is 0 Å². The maximum absolute atomic E-state index is 12.2. The van der Waals surface area contributed by atoms with Crippen molar-refractivity contribution in [3.8, 4) is 11.5 Å². The smallest absolute Gasteiger partial charge is 0.241 e. The summed E-state index contributed by atoms with van der Waals surface area (Å²) >= 11 is 0. The van der Waals surface area contributed by atoms with E-state index in [1.165, 1.54) is 0 Å². The molecule has 2 heterocycles. The molecule has 0 radical (unpaired) electrons. The molecular formula is C17H19N3O5S. The molecule has 0 spiro atoms. The van der Waals surface area contributed by atoms with Crippen molar-refractivity contribution in [1.29, 1.82) is 0 Å². The number of nitrogens with one attached hydrogen (secondary N) is 1. The fraction of sp³-hybridized carbons (Fsp3) is 0.294. The topological polar surface area (TPSA) is 97.8 Å². The summed E-state index contributed by atoms with van der Waals surface area (Å²) in [6.45, 7) is 0.768. The number of amides is 1. The van der Waals surface area contributed by atoms with Crippen LogP contribution in [0.15, 0.2) is 42.7 Å². The first-order valence-electron chi connectivity index (χ1n) is 7.96. The number of pyridine rings is 1. The largest absolute Gasteiger partial charge is 0.486 e. The predicted octanol–water partition coefficient (Wildman–Crippen LogP) is 0.935. The van der Waals surface area contributed by atoms with Crippen LogP contribution < -0.4 is 19.1 Å². The highest BCUT2D eigenvalue weighted by atomic mass is 32.2. The molecule has 1 aromatic heterocycles. The van der Waals surface area contributed by atoms with Gasteiger partial charge in [0.2, 0.25) is 15.9 Å². The van der Waals surface area contributed by atoms with E-state index in [0.29, 0.717) is 30.4 Å². The van der Waals surface area contributed by atoms with Crippen molar-refractivity contribution in [3.05, 3.63) is 48.3 Å². The second-order valence-electron chi connectivity index (χ2n) is 5.74. The summed E-state index contributed by atoms with van der Waals surface area (Å²) in [6, 6.07) is 8.37. The average molecular weight is 377 g/mol. The zero-order valence-electron chi connectivity index (χ0n) is 14.2. The van der Waals surface area contributed by atoms with Crippen LogP contribution in [0.1, 0.15) is 5.56 Å². The molecule has 3 rings (SSSR count). The number of rotatable bonds is 6.